The molecule has 1 fully saturated rings. The number of halogens is 1. The molecule has 16 heavy (non-hydrogen) atoms. The first-order valence-electron chi connectivity index (χ1n) is 6.24. The second-order valence-corrected chi connectivity index (χ2v) is 6.22. The maximum Gasteiger partial charge on any atom is 0.0130 e. The van der Waals surface area contributed by atoms with Crippen LogP contribution in [0.5, 0.6) is 0 Å². The average Bonchev–Trinajstić information content (AvgIpc) is 2.46. The minimum Gasteiger partial charge on any atom is -0.328 e. The van der Waals surface area contributed by atoms with E-state index in [1.165, 1.54) is 47.7 Å². The van der Waals surface area contributed by atoms with Crippen molar-refractivity contribution in [3.63, 3.8) is 0 Å². The smallest absolute Gasteiger partial charge is 0.0130 e. The molecule has 0 aromatic heterocycles. The van der Waals surface area contributed by atoms with E-state index in [9.17, 15) is 0 Å². The molecule has 1 aliphatic carbocycles. The zero-order valence-electron chi connectivity index (χ0n) is 9.66. The summed E-state index contributed by atoms with van der Waals surface area (Å²) >= 11 is 2.36. The Morgan fingerprint density at radius 1 is 1.12 bits per heavy atom. The summed E-state index contributed by atoms with van der Waals surface area (Å²) in [5.41, 5.74) is 7.57. The summed E-state index contributed by atoms with van der Waals surface area (Å²) in [5, 5.41) is 0. The van der Waals surface area contributed by atoms with Crippen LogP contribution >= 0.6 is 22.6 Å². The van der Waals surface area contributed by atoms with Gasteiger partial charge in [0.15, 0.2) is 0 Å². The van der Waals surface area contributed by atoms with Gasteiger partial charge in [0.05, 0.1) is 0 Å². The predicted octanol–water partition coefficient (Wildman–Crippen LogP) is 3.74. The summed E-state index contributed by atoms with van der Waals surface area (Å²) < 4.78 is 1.32. The molecular weight excluding hydrogens is 309 g/mol. The summed E-state index contributed by atoms with van der Waals surface area (Å²) in [4.78, 5) is 0. The minimum absolute atomic E-state index is 0.441. The van der Waals surface area contributed by atoms with E-state index in [-0.39, 0.29) is 0 Å². The molecule has 0 bridgehead atoms. The predicted molar refractivity (Wildman–Crippen MR) is 77.4 cm³/mol. The Morgan fingerprint density at radius 3 is 2.56 bits per heavy atom. The molecule has 1 aromatic carbocycles. The SMILES string of the molecule is NC1CCCCC(Cc2ccc(I)cc2)C1. The van der Waals surface area contributed by atoms with Gasteiger partial charge in [0.1, 0.15) is 0 Å². The zero-order valence-corrected chi connectivity index (χ0v) is 11.8. The average molecular weight is 329 g/mol. The largest absolute Gasteiger partial charge is 0.328 e. The van der Waals surface area contributed by atoms with Gasteiger partial charge in [-0.1, -0.05) is 31.4 Å². The van der Waals surface area contributed by atoms with Crippen molar-refractivity contribution in [3.05, 3.63) is 33.4 Å². The van der Waals surface area contributed by atoms with E-state index < -0.39 is 0 Å². The molecule has 1 nitrogen and oxygen atoms in total. The van der Waals surface area contributed by atoms with Crippen LogP contribution < -0.4 is 5.73 Å². The van der Waals surface area contributed by atoms with E-state index >= 15 is 0 Å². The molecule has 2 heteroatoms. The van der Waals surface area contributed by atoms with Crippen LogP contribution in [0.25, 0.3) is 0 Å². The van der Waals surface area contributed by atoms with Crippen LogP contribution in [-0.4, -0.2) is 6.04 Å². The van der Waals surface area contributed by atoms with Gasteiger partial charge in [-0.15, -0.1) is 0 Å². The lowest BCUT2D eigenvalue weighted by molar-refractivity contribution is 0.431. The summed E-state index contributed by atoms with van der Waals surface area (Å²) in [5.74, 6) is 0.803. The van der Waals surface area contributed by atoms with E-state index in [4.69, 9.17) is 5.73 Å². The standard InChI is InChI=1S/C14H20IN/c15-13-7-5-11(6-8-13)9-12-3-1-2-4-14(16)10-12/h5-8,12,14H,1-4,9-10,16H2. The van der Waals surface area contributed by atoms with Crippen molar-refractivity contribution in [2.45, 2.75) is 44.6 Å². The first-order chi connectivity index (χ1) is 7.74. The van der Waals surface area contributed by atoms with Crippen molar-refractivity contribution in [2.75, 3.05) is 0 Å². The van der Waals surface area contributed by atoms with Gasteiger partial charge in [-0.05, 0) is 65.5 Å². The molecule has 0 radical (unpaired) electrons. The normalized spacial score (nSPS) is 26.4. The van der Waals surface area contributed by atoms with Gasteiger partial charge in [-0.2, -0.15) is 0 Å². The van der Waals surface area contributed by atoms with E-state index in [2.05, 4.69) is 46.9 Å². The number of benzene rings is 1. The van der Waals surface area contributed by atoms with Crippen LogP contribution in [0.15, 0.2) is 24.3 Å². The monoisotopic (exact) mass is 329 g/mol. The highest BCUT2D eigenvalue weighted by molar-refractivity contribution is 14.1. The van der Waals surface area contributed by atoms with E-state index in [0.29, 0.717) is 6.04 Å². The second kappa shape index (κ2) is 6.01. The summed E-state index contributed by atoms with van der Waals surface area (Å²) in [7, 11) is 0. The van der Waals surface area contributed by atoms with E-state index in [1.54, 1.807) is 0 Å². The highest BCUT2D eigenvalue weighted by atomic mass is 127. The van der Waals surface area contributed by atoms with Crippen molar-refractivity contribution in [2.24, 2.45) is 11.7 Å². The van der Waals surface area contributed by atoms with Gasteiger partial charge in [-0.3, -0.25) is 0 Å². The molecule has 0 amide bonds. The van der Waals surface area contributed by atoms with Gasteiger partial charge in [0.25, 0.3) is 0 Å². The lowest BCUT2D eigenvalue weighted by Gasteiger charge is -2.17. The van der Waals surface area contributed by atoms with Crippen molar-refractivity contribution in [1.82, 2.24) is 0 Å². The molecule has 2 atom stereocenters. The topological polar surface area (TPSA) is 26.0 Å². The molecule has 2 rings (SSSR count). The summed E-state index contributed by atoms with van der Waals surface area (Å²) in [6.07, 6.45) is 7.70. The quantitative estimate of drug-likeness (QED) is 0.649. The molecule has 88 valence electrons. The fourth-order valence-electron chi connectivity index (χ4n) is 2.64. The van der Waals surface area contributed by atoms with Crippen molar-refractivity contribution in [3.8, 4) is 0 Å². The van der Waals surface area contributed by atoms with Gasteiger partial charge < -0.3 is 5.73 Å². The third kappa shape index (κ3) is 3.74. The lowest BCUT2D eigenvalue weighted by Crippen LogP contribution is -2.22. The van der Waals surface area contributed by atoms with Crippen LogP contribution in [0.4, 0.5) is 0 Å². The van der Waals surface area contributed by atoms with Crippen LogP contribution in [0.1, 0.15) is 37.7 Å². The number of hydrogen-bond donors (Lipinski definition) is 1. The number of hydrogen-bond acceptors (Lipinski definition) is 1. The van der Waals surface area contributed by atoms with Crippen LogP contribution in [0, 0.1) is 9.49 Å². The van der Waals surface area contributed by atoms with Gasteiger partial charge in [0, 0.05) is 9.61 Å². The number of nitrogens with two attached hydrogens (primary N) is 1. The first kappa shape index (κ1) is 12.4. The Balaban J connectivity index is 1.95. The fraction of sp³-hybridized carbons (Fsp3) is 0.571. The first-order valence-corrected chi connectivity index (χ1v) is 7.32. The molecule has 0 aliphatic heterocycles. The third-order valence-corrected chi connectivity index (χ3v) is 4.23. The van der Waals surface area contributed by atoms with E-state index in [0.717, 1.165) is 5.92 Å². The van der Waals surface area contributed by atoms with Crippen LogP contribution in [-0.2, 0) is 6.42 Å². The highest BCUT2D eigenvalue weighted by Gasteiger charge is 2.17. The molecule has 1 saturated carbocycles. The van der Waals surface area contributed by atoms with Gasteiger partial charge in [-0.25, -0.2) is 0 Å². The molecular formula is C14H20IN. The van der Waals surface area contributed by atoms with Crippen molar-refractivity contribution < 1.29 is 0 Å². The highest BCUT2D eigenvalue weighted by Crippen LogP contribution is 2.25. The maximum absolute atomic E-state index is 6.10. The fourth-order valence-corrected chi connectivity index (χ4v) is 3.00. The Kier molecular flexibility index (Phi) is 4.65. The molecule has 2 N–H and O–H groups in total. The Hall–Kier alpha value is -0.0900. The third-order valence-electron chi connectivity index (χ3n) is 3.51. The van der Waals surface area contributed by atoms with Crippen LogP contribution in [0.2, 0.25) is 0 Å². The van der Waals surface area contributed by atoms with E-state index in [1.807, 2.05) is 0 Å². The maximum atomic E-state index is 6.10. The lowest BCUT2D eigenvalue weighted by atomic mass is 9.91. The molecule has 1 aromatic rings. The zero-order chi connectivity index (χ0) is 11.4. The molecule has 1 aliphatic rings. The Morgan fingerprint density at radius 2 is 1.81 bits per heavy atom. The van der Waals surface area contributed by atoms with Gasteiger partial charge in [0.2, 0.25) is 0 Å². The molecule has 0 heterocycles. The minimum atomic E-state index is 0.441. The Labute approximate surface area is 112 Å². The second-order valence-electron chi connectivity index (χ2n) is 4.98. The molecule has 0 spiro atoms. The molecule has 0 saturated heterocycles. The Bertz CT molecular complexity index is 320. The molecule has 2 unspecified atom stereocenters. The van der Waals surface area contributed by atoms with Crippen molar-refractivity contribution >= 4 is 22.6 Å². The number of rotatable bonds is 2. The van der Waals surface area contributed by atoms with Gasteiger partial charge >= 0.3 is 0 Å². The summed E-state index contributed by atoms with van der Waals surface area (Å²) in [6.45, 7) is 0. The van der Waals surface area contributed by atoms with Crippen LogP contribution in [0.3, 0.4) is 0 Å². The summed E-state index contributed by atoms with van der Waals surface area (Å²) in [6, 6.07) is 9.37. The van der Waals surface area contributed by atoms with Crippen molar-refractivity contribution in [1.29, 1.82) is 0 Å².